The van der Waals surface area contributed by atoms with Gasteiger partial charge in [-0.15, -0.1) is 12.4 Å². The minimum Gasteiger partial charge on any atom is -0.494 e. The largest absolute Gasteiger partial charge is 0.494 e. The van der Waals surface area contributed by atoms with Crippen molar-refractivity contribution < 1.29 is 9.53 Å². The van der Waals surface area contributed by atoms with E-state index < -0.39 is 0 Å². The highest BCUT2D eigenvalue weighted by molar-refractivity contribution is 5.85. The Morgan fingerprint density at radius 1 is 1.18 bits per heavy atom. The van der Waals surface area contributed by atoms with E-state index in [2.05, 4.69) is 34.5 Å². The van der Waals surface area contributed by atoms with Crippen molar-refractivity contribution in [1.29, 1.82) is 0 Å². The van der Waals surface area contributed by atoms with Gasteiger partial charge < -0.3 is 15.0 Å². The summed E-state index contributed by atoms with van der Waals surface area (Å²) in [5.74, 6) is 2.51. The van der Waals surface area contributed by atoms with Crippen molar-refractivity contribution in [2.24, 2.45) is 17.3 Å². The molecule has 2 heterocycles. The maximum Gasteiger partial charge on any atom is 0.226 e. The van der Waals surface area contributed by atoms with E-state index in [0.29, 0.717) is 17.2 Å². The first-order valence-corrected chi connectivity index (χ1v) is 10.9. The van der Waals surface area contributed by atoms with Gasteiger partial charge in [0.2, 0.25) is 5.91 Å². The summed E-state index contributed by atoms with van der Waals surface area (Å²) in [6.07, 6.45) is 8.24. The highest BCUT2D eigenvalue weighted by Gasteiger charge is 2.58. The van der Waals surface area contributed by atoms with E-state index in [9.17, 15) is 4.79 Å². The third kappa shape index (κ3) is 4.83. The van der Waals surface area contributed by atoms with Crippen LogP contribution in [0.3, 0.4) is 0 Å². The number of piperidine rings is 2. The van der Waals surface area contributed by atoms with E-state index in [1.165, 1.54) is 37.7 Å². The van der Waals surface area contributed by atoms with Gasteiger partial charge in [-0.25, -0.2) is 0 Å². The van der Waals surface area contributed by atoms with Gasteiger partial charge in [-0.2, -0.15) is 0 Å². The standard InChI is InChI=1S/C23H34N2O2.ClH/c1-2-27-20-7-5-18(6-8-20)3-4-19-9-15-25(16-10-19)22(26)21-17-23(21)11-13-24-14-12-23;/h5-8,19,21,24H,2-4,9-17H2,1H3;1H. The van der Waals surface area contributed by atoms with Crippen molar-refractivity contribution in [3.8, 4) is 5.75 Å². The second-order valence-electron chi connectivity index (χ2n) is 8.75. The Morgan fingerprint density at radius 2 is 1.86 bits per heavy atom. The van der Waals surface area contributed by atoms with Gasteiger partial charge in [-0.3, -0.25) is 4.79 Å². The van der Waals surface area contributed by atoms with Crippen LogP contribution in [0.25, 0.3) is 0 Å². The van der Waals surface area contributed by atoms with Crippen LogP contribution >= 0.6 is 12.4 Å². The van der Waals surface area contributed by atoms with Crippen LogP contribution in [-0.2, 0) is 11.2 Å². The Kier molecular flexibility index (Phi) is 7.27. The lowest BCUT2D eigenvalue weighted by molar-refractivity contribution is -0.135. The number of nitrogens with one attached hydrogen (secondary N) is 1. The van der Waals surface area contributed by atoms with Crippen molar-refractivity contribution in [2.75, 3.05) is 32.8 Å². The molecule has 1 spiro atoms. The first kappa shape index (κ1) is 21.4. The van der Waals surface area contributed by atoms with Gasteiger partial charge in [0.1, 0.15) is 5.75 Å². The summed E-state index contributed by atoms with van der Waals surface area (Å²) in [6, 6.07) is 8.53. The summed E-state index contributed by atoms with van der Waals surface area (Å²) in [4.78, 5) is 15.1. The smallest absolute Gasteiger partial charge is 0.226 e. The minimum atomic E-state index is 0. The van der Waals surface area contributed by atoms with Gasteiger partial charge in [0, 0.05) is 19.0 Å². The lowest BCUT2D eigenvalue weighted by atomic mass is 9.89. The zero-order valence-corrected chi connectivity index (χ0v) is 17.9. The summed E-state index contributed by atoms with van der Waals surface area (Å²) in [5, 5.41) is 3.43. The van der Waals surface area contributed by atoms with E-state index in [-0.39, 0.29) is 12.4 Å². The molecule has 1 unspecified atom stereocenters. The Balaban J connectivity index is 0.00000225. The number of ether oxygens (including phenoxy) is 1. The molecule has 0 bridgehead atoms. The SMILES string of the molecule is CCOc1ccc(CCC2CCN(C(=O)C3CC34CCNCC4)CC2)cc1.Cl. The third-order valence-corrected chi connectivity index (χ3v) is 7.09. The molecule has 4 rings (SSSR count). The van der Waals surface area contributed by atoms with Crippen molar-refractivity contribution in [3.05, 3.63) is 29.8 Å². The Morgan fingerprint density at radius 3 is 2.50 bits per heavy atom. The van der Waals surface area contributed by atoms with E-state index in [0.717, 1.165) is 57.3 Å². The van der Waals surface area contributed by atoms with E-state index in [1.807, 2.05) is 6.92 Å². The predicted molar refractivity (Wildman–Crippen MR) is 115 cm³/mol. The molecule has 2 aliphatic heterocycles. The molecule has 3 aliphatic rings. The number of aryl methyl sites for hydroxylation is 1. The van der Waals surface area contributed by atoms with Crippen LogP contribution in [-0.4, -0.2) is 43.6 Å². The Hall–Kier alpha value is -1.26. The minimum absolute atomic E-state index is 0. The van der Waals surface area contributed by atoms with Gasteiger partial charge in [-0.05, 0) is 94.0 Å². The summed E-state index contributed by atoms with van der Waals surface area (Å²) in [6.45, 7) is 6.86. The van der Waals surface area contributed by atoms with E-state index >= 15 is 0 Å². The second-order valence-corrected chi connectivity index (χ2v) is 8.75. The molecule has 4 nitrogen and oxygen atoms in total. The molecule has 0 radical (unpaired) electrons. The van der Waals surface area contributed by atoms with Gasteiger partial charge in [0.15, 0.2) is 0 Å². The molecule has 1 N–H and O–H groups in total. The summed E-state index contributed by atoms with van der Waals surface area (Å²) < 4.78 is 5.51. The van der Waals surface area contributed by atoms with Crippen LogP contribution in [0.2, 0.25) is 0 Å². The lowest BCUT2D eigenvalue weighted by Gasteiger charge is -2.33. The summed E-state index contributed by atoms with van der Waals surface area (Å²) in [7, 11) is 0. The number of hydrogen-bond acceptors (Lipinski definition) is 3. The second kappa shape index (κ2) is 9.49. The molecule has 0 aromatic heterocycles. The number of nitrogens with zero attached hydrogens (tertiary/aromatic N) is 1. The van der Waals surface area contributed by atoms with Gasteiger partial charge >= 0.3 is 0 Å². The van der Waals surface area contributed by atoms with Crippen LogP contribution in [0.5, 0.6) is 5.75 Å². The number of carbonyl (C=O) groups is 1. The fourth-order valence-corrected chi connectivity index (χ4v) is 5.13. The first-order chi connectivity index (χ1) is 13.2. The lowest BCUT2D eigenvalue weighted by Crippen LogP contribution is -2.41. The fourth-order valence-electron chi connectivity index (χ4n) is 5.13. The average molecular weight is 407 g/mol. The van der Waals surface area contributed by atoms with E-state index in [1.54, 1.807) is 0 Å². The number of benzene rings is 1. The number of carbonyl (C=O) groups excluding carboxylic acids is 1. The summed E-state index contributed by atoms with van der Waals surface area (Å²) >= 11 is 0. The molecule has 2 saturated heterocycles. The monoisotopic (exact) mass is 406 g/mol. The van der Waals surface area contributed by atoms with E-state index in [4.69, 9.17) is 4.74 Å². The molecule has 1 aliphatic carbocycles. The van der Waals surface area contributed by atoms with Gasteiger partial charge in [-0.1, -0.05) is 12.1 Å². The molecule has 1 aromatic rings. The maximum atomic E-state index is 12.9. The molecule has 3 fully saturated rings. The molecule has 5 heteroatoms. The van der Waals surface area contributed by atoms with Crippen molar-refractivity contribution in [3.63, 3.8) is 0 Å². The predicted octanol–water partition coefficient (Wildman–Crippen LogP) is 4.07. The number of likely N-dealkylation sites (tertiary alicyclic amines) is 1. The Bertz CT molecular complexity index is 635. The van der Waals surface area contributed by atoms with Gasteiger partial charge in [0.05, 0.1) is 6.61 Å². The third-order valence-electron chi connectivity index (χ3n) is 7.09. The summed E-state index contributed by atoms with van der Waals surface area (Å²) in [5.41, 5.74) is 1.76. The molecular formula is C23H35ClN2O2. The molecule has 1 amide bonds. The zero-order chi connectivity index (χ0) is 18.7. The first-order valence-electron chi connectivity index (χ1n) is 10.9. The highest BCUT2D eigenvalue weighted by atomic mass is 35.5. The zero-order valence-electron chi connectivity index (χ0n) is 17.1. The highest BCUT2D eigenvalue weighted by Crippen LogP contribution is 2.59. The molecule has 1 saturated carbocycles. The molecule has 1 atom stereocenters. The molecule has 28 heavy (non-hydrogen) atoms. The van der Waals surface area contributed by atoms with Crippen LogP contribution < -0.4 is 10.1 Å². The molecule has 156 valence electrons. The normalized spacial score (nSPS) is 23.9. The average Bonchev–Trinajstić information content (AvgIpc) is 3.40. The Labute approximate surface area is 175 Å². The van der Waals surface area contributed by atoms with Crippen LogP contribution in [0.1, 0.15) is 51.0 Å². The quantitative estimate of drug-likeness (QED) is 0.774. The van der Waals surface area contributed by atoms with Crippen LogP contribution in [0, 0.1) is 17.3 Å². The number of rotatable bonds is 6. The van der Waals surface area contributed by atoms with Crippen molar-refractivity contribution in [2.45, 2.75) is 51.9 Å². The number of halogens is 1. The van der Waals surface area contributed by atoms with Crippen molar-refractivity contribution in [1.82, 2.24) is 10.2 Å². The number of hydrogen-bond donors (Lipinski definition) is 1. The van der Waals surface area contributed by atoms with Crippen LogP contribution in [0.4, 0.5) is 0 Å². The number of amides is 1. The topological polar surface area (TPSA) is 41.6 Å². The van der Waals surface area contributed by atoms with Gasteiger partial charge in [0.25, 0.3) is 0 Å². The fraction of sp³-hybridized carbons (Fsp3) is 0.696. The van der Waals surface area contributed by atoms with Crippen LogP contribution in [0.15, 0.2) is 24.3 Å². The maximum absolute atomic E-state index is 12.9. The van der Waals surface area contributed by atoms with Crippen molar-refractivity contribution >= 4 is 18.3 Å². The molecule has 1 aromatic carbocycles. The molecular weight excluding hydrogens is 372 g/mol.